The van der Waals surface area contributed by atoms with E-state index in [0.717, 1.165) is 24.1 Å². The zero-order valence-electron chi connectivity index (χ0n) is 16.7. The molecule has 0 spiro atoms. The fourth-order valence-corrected chi connectivity index (χ4v) is 4.60. The Morgan fingerprint density at radius 3 is 1.80 bits per heavy atom. The molecule has 0 N–H and O–H groups in total. The van der Waals surface area contributed by atoms with Gasteiger partial charge < -0.3 is 9.74 Å². The van der Waals surface area contributed by atoms with Crippen LogP contribution in [0.15, 0.2) is 96.2 Å². The second-order valence-electron chi connectivity index (χ2n) is 7.88. The summed E-state index contributed by atoms with van der Waals surface area (Å²) in [5.41, 5.74) is 4.19. The van der Waals surface area contributed by atoms with Crippen molar-refractivity contribution in [2.24, 2.45) is 5.16 Å². The molecule has 0 aromatic heterocycles. The van der Waals surface area contributed by atoms with E-state index in [9.17, 15) is 4.79 Å². The maximum Gasteiger partial charge on any atom is 0.267 e. The lowest BCUT2D eigenvalue weighted by atomic mass is 10.0. The minimum absolute atomic E-state index is 0.0184. The molecular weight excluding hydrogens is 372 g/mol. The van der Waals surface area contributed by atoms with Gasteiger partial charge in [-0.3, -0.25) is 4.79 Å². The molecule has 0 bridgehead atoms. The van der Waals surface area contributed by atoms with Crippen LogP contribution in [0.4, 0.5) is 0 Å². The quantitative estimate of drug-likeness (QED) is 0.602. The summed E-state index contributed by atoms with van der Waals surface area (Å²) in [6.45, 7) is 0. The third kappa shape index (κ3) is 3.50. The van der Waals surface area contributed by atoms with Gasteiger partial charge in [0.05, 0.1) is 17.8 Å². The average Bonchev–Trinajstić information content (AvgIpc) is 3.48. The number of hydrogen-bond acceptors (Lipinski definition) is 3. The Balaban J connectivity index is 1.43. The normalized spacial score (nSPS) is 23.1. The summed E-state index contributed by atoms with van der Waals surface area (Å²) in [6, 6.07) is 30.7. The fraction of sp³-hybridized carbons (Fsp3) is 0.231. The zero-order valence-corrected chi connectivity index (χ0v) is 16.7. The summed E-state index contributed by atoms with van der Waals surface area (Å²) in [5.74, 6) is 0.0184. The molecule has 0 saturated carbocycles. The number of rotatable bonds is 4. The van der Waals surface area contributed by atoms with E-state index in [-0.39, 0.29) is 18.0 Å². The summed E-state index contributed by atoms with van der Waals surface area (Å²) in [7, 11) is 0. The maximum atomic E-state index is 13.7. The average molecular weight is 396 g/mol. The van der Waals surface area contributed by atoms with Gasteiger partial charge in [-0.1, -0.05) is 96.2 Å². The van der Waals surface area contributed by atoms with Crippen molar-refractivity contribution in [3.63, 3.8) is 0 Å². The molecule has 5 rings (SSSR count). The lowest BCUT2D eigenvalue weighted by Gasteiger charge is -2.32. The van der Waals surface area contributed by atoms with Crippen molar-refractivity contribution in [3.8, 4) is 0 Å². The molecule has 30 heavy (non-hydrogen) atoms. The van der Waals surface area contributed by atoms with Gasteiger partial charge in [-0.15, -0.1) is 0 Å². The van der Waals surface area contributed by atoms with E-state index in [4.69, 9.17) is 4.84 Å². The van der Waals surface area contributed by atoms with E-state index < -0.39 is 6.10 Å². The summed E-state index contributed by atoms with van der Waals surface area (Å²) in [6.07, 6.45) is 1.81. The SMILES string of the molecule is O=C([C@H]1CC(c2ccccc2)=NO1)N1[C@H](c2ccccc2)CC[C@H]1c1ccccc1. The predicted molar refractivity (Wildman–Crippen MR) is 117 cm³/mol. The molecule has 4 nitrogen and oxygen atoms in total. The second kappa shape index (κ2) is 8.15. The number of carbonyl (C=O) groups excluding carboxylic acids is 1. The third-order valence-corrected chi connectivity index (χ3v) is 6.06. The second-order valence-corrected chi connectivity index (χ2v) is 7.88. The molecule has 3 aromatic rings. The van der Waals surface area contributed by atoms with Crippen LogP contribution in [0.1, 0.15) is 48.0 Å². The largest absolute Gasteiger partial charge is 0.382 e. The molecule has 3 aromatic carbocycles. The molecule has 1 saturated heterocycles. The first-order chi connectivity index (χ1) is 14.8. The molecule has 0 unspecified atom stereocenters. The highest BCUT2D eigenvalue weighted by Gasteiger charge is 2.43. The van der Waals surface area contributed by atoms with Gasteiger partial charge in [0.25, 0.3) is 5.91 Å². The van der Waals surface area contributed by atoms with Crippen LogP contribution in [0.5, 0.6) is 0 Å². The third-order valence-electron chi connectivity index (χ3n) is 6.06. The van der Waals surface area contributed by atoms with Crippen molar-refractivity contribution in [1.82, 2.24) is 4.90 Å². The van der Waals surface area contributed by atoms with Gasteiger partial charge in [0.1, 0.15) is 0 Å². The topological polar surface area (TPSA) is 41.9 Å². The van der Waals surface area contributed by atoms with Gasteiger partial charge in [-0.25, -0.2) is 0 Å². The van der Waals surface area contributed by atoms with Crippen LogP contribution in [0.25, 0.3) is 0 Å². The molecule has 2 heterocycles. The standard InChI is InChI=1S/C26H24N2O2/c29-26(25-18-22(27-30-25)19-10-4-1-5-11-19)28-23(20-12-6-2-7-13-20)16-17-24(28)21-14-8-3-9-15-21/h1-15,23-25H,16-18H2/t23-,24-,25+/m0/s1. The summed E-state index contributed by atoms with van der Waals surface area (Å²) in [4.78, 5) is 21.4. The highest BCUT2D eigenvalue weighted by Crippen LogP contribution is 2.44. The zero-order chi connectivity index (χ0) is 20.3. The van der Waals surface area contributed by atoms with E-state index in [1.165, 1.54) is 11.1 Å². The van der Waals surface area contributed by atoms with Crippen LogP contribution in [0.2, 0.25) is 0 Å². The van der Waals surface area contributed by atoms with Gasteiger partial charge in [0.15, 0.2) is 0 Å². The molecule has 0 radical (unpaired) electrons. The number of nitrogens with zero attached hydrogens (tertiary/aromatic N) is 2. The van der Waals surface area contributed by atoms with Crippen LogP contribution in [0.3, 0.4) is 0 Å². The summed E-state index contributed by atoms with van der Waals surface area (Å²) >= 11 is 0. The summed E-state index contributed by atoms with van der Waals surface area (Å²) < 4.78 is 0. The Morgan fingerprint density at radius 1 is 0.767 bits per heavy atom. The highest BCUT2D eigenvalue weighted by molar-refractivity contribution is 6.04. The molecular formula is C26H24N2O2. The van der Waals surface area contributed by atoms with Crippen molar-refractivity contribution in [2.75, 3.05) is 0 Å². The van der Waals surface area contributed by atoms with Crippen molar-refractivity contribution >= 4 is 11.6 Å². The highest BCUT2D eigenvalue weighted by atomic mass is 16.6. The number of hydrogen-bond donors (Lipinski definition) is 0. The number of amides is 1. The van der Waals surface area contributed by atoms with Gasteiger partial charge in [-0.05, 0) is 29.5 Å². The van der Waals surface area contributed by atoms with Crippen molar-refractivity contribution in [2.45, 2.75) is 37.5 Å². The van der Waals surface area contributed by atoms with Gasteiger partial charge in [0, 0.05) is 6.42 Å². The van der Waals surface area contributed by atoms with Gasteiger partial charge in [0.2, 0.25) is 6.10 Å². The van der Waals surface area contributed by atoms with Crippen LogP contribution in [0, 0.1) is 0 Å². The van der Waals surface area contributed by atoms with Gasteiger partial charge in [-0.2, -0.15) is 0 Å². The molecule has 1 fully saturated rings. The smallest absolute Gasteiger partial charge is 0.267 e. The monoisotopic (exact) mass is 396 g/mol. The molecule has 0 aliphatic carbocycles. The van der Waals surface area contributed by atoms with Crippen molar-refractivity contribution in [3.05, 3.63) is 108 Å². The Bertz CT molecular complexity index is 987. The molecule has 2 aliphatic heterocycles. The molecule has 2 aliphatic rings. The Hall–Kier alpha value is -3.40. The van der Waals surface area contributed by atoms with Crippen molar-refractivity contribution in [1.29, 1.82) is 0 Å². The first-order valence-electron chi connectivity index (χ1n) is 10.5. The molecule has 3 atom stereocenters. The van der Waals surface area contributed by atoms with Crippen LogP contribution < -0.4 is 0 Å². The van der Waals surface area contributed by atoms with Crippen LogP contribution in [-0.4, -0.2) is 22.6 Å². The maximum absolute atomic E-state index is 13.7. The number of benzene rings is 3. The fourth-order valence-electron chi connectivity index (χ4n) is 4.60. The van der Waals surface area contributed by atoms with E-state index in [0.29, 0.717) is 6.42 Å². The van der Waals surface area contributed by atoms with Gasteiger partial charge >= 0.3 is 0 Å². The molecule has 150 valence electrons. The minimum Gasteiger partial charge on any atom is -0.382 e. The van der Waals surface area contributed by atoms with E-state index in [2.05, 4.69) is 29.4 Å². The van der Waals surface area contributed by atoms with Crippen LogP contribution >= 0.6 is 0 Å². The van der Waals surface area contributed by atoms with E-state index >= 15 is 0 Å². The van der Waals surface area contributed by atoms with E-state index in [1.807, 2.05) is 71.6 Å². The lowest BCUT2D eigenvalue weighted by Crippen LogP contribution is -2.40. The number of carbonyl (C=O) groups is 1. The number of likely N-dealkylation sites (tertiary alicyclic amines) is 1. The first-order valence-corrected chi connectivity index (χ1v) is 10.5. The minimum atomic E-state index is -0.573. The Kier molecular flexibility index (Phi) is 5.06. The Morgan fingerprint density at radius 2 is 1.27 bits per heavy atom. The van der Waals surface area contributed by atoms with E-state index in [1.54, 1.807) is 0 Å². The predicted octanol–water partition coefficient (Wildman–Crippen LogP) is 5.28. The first kappa shape index (κ1) is 18.6. The lowest BCUT2D eigenvalue weighted by molar-refractivity contribution is -0.145. The Labute approximate surface area is 176 Å². The van der Waals surface area contributed by atoms with Crippen molar-refractivity contribution < 1.29 is 9.63 Å². The number of oxime groups is 1. The van der Waals surface area contributed by atoms with Crippen LogP contribution in [-0.2, 0) is 9.63 Å². The molecule has 4 heteroatoms. The molecule has 1 amide bonds. The summed E-state index contributed by atoms with van der Waals surface area (Å²) in [5, 5.41) is 4.24.